The fourth-order valence-corrected chi connectivity index (χ4v) is 3.20. The van der Waals surface area contributed by atoms with Gasteiger partial charge in [-0.25, -0.2) is 9.97 Å². The standard InChI is InChI=1S/C12H16N4OS2/c1-2-8(12-14-5-6-18-12)16-11(17)9-7-19-10(15-9)3-4-13/h5-8H,2-4,13H2,1H3,(H,16,17). The van der Waals surface area contributed by atoms with Crippen molar-refractivity contribution in [1.29, 1.82) is 0 Å². The van der Waals surface area contributed by atoms with Crippen molar-refractivity contribution >= 4 is 28.6 Å². The lowest BCUT2D eigenvalue weighted by molar-refractivity contribution is 0.0931. The van der Waals surface area contributed by atoms with E-state index in [2.05, 4.69) is 15.3 Å². The highest BCUT2D eigenvalue weighted by atomic mass is 32.1. The Kier molecular flexibility index (Phi) is 5.00. The third-order valence-electron chi connectivity index (χ3n) is 2.61. The fourth-order valence-electron chi connectivity index (χ4n) is 1.63. The first kappa shape index (κ1) is 14.1. The maximum absolute atomic E-state index is 12.1. The summed E-state index contributed by atoms with van der Waals surface area (Å²) in [6, 6.07) is -0.0489. The Morgan fingerprint density at radius 2 is 2.37 bits per heavy atom. The number of nitrogens with one attached hydrogen (secondary N) is 1. The first-order valence-electron chi connectivity index (χ1n) is 6.09. The summed E-state index contributed by atoms with van der Waals surface area (Å²) in [5.41, 5.74) is 5.93. The molecular weight excluding hydrogens is 280 g/mol. The highest BCUT2D eigenvalue weighted by Gasteiger charge is 2.17. The molecule has 1 unspecified atom stereocenters. The normalized spacial score (nSPS) is 12.3. The summed E-state index contributed by atoms with van der Waals surface area (Å²) in [4.78, 5) is 20.6. The van der Waals surface area contributed by atoms with Gasteiger partial charge >= 0.3 is 0 Å². The highest BCUT2D eigenvalue weighted by Crippen LogP contribution is 2.19. The second-order valence-corrected chi connectivity index (χ2v) is 5.84. The van der Waals surface area contributed by atoms with Crippen LogP contribution in [0.2, 0.25) is 0 Å². The summed E-state index contributed by atoms with van der Waals surface area (Å²) < 4.78 is 0. The van der Waals surface area contributed by atoms with E-state index >= 15 is 0 Å². The number of carbonyl (C=O) groups excluding carboxylic acids is 1. The Hall–Kier alpha value is -1.31. The number of carbonyl (C=O) groups is 1. The van der Waals surface area contributed by atoms with Crippen molar-refractivity contribution in [3.63, 3.8) is 0 Å². The van der Waals surface area contributed by atoms with Crippen LogP contribution in [0.25, 0.3) is 0 Å². The van der Waals surface area contributed by atoms with E-state index in [-0.39, 0.29) is 11.9 Å². The van der Waals surface area contributed by atoms with Gasteiger partial charge in [-0.15, -0.1) is 22.7 Å². The van der Waals surface area contributed by atoms with Crippen LogP contribution in [-0.2, 0) is 6.42 Å². The highest BCUT2D eigenvalue weighted by molar-refractivity contribution is 7.10. The lowest BCUT2D eigenvalue weighted by Gasteiger charge is -2.13. The van der Waals surface area contributed by atoms with Crippen molar-refractivity contribution in [2.45, 2.75) is 25.8 Å². The summed E-state index contributed by atoms with van der Waals surface area (Å²) in [6.07, 6.45) is 3.26. The molecule has 7 heteroatoms. The number of hydrogen-bond acceptors (Lipinski definition) is 6. The molecule has 2 heterocycles. The summed E-state index contributed by atoms with van der Waals surface area (Å²) in [6.45, 7) is 2.57. The van der Waals surface area contributed by atoms with Gasteiger partial charge in [-0.05, 0) is 13.0 Å². The molecule has 0 saturated heterocycles. The topological polar surface area (TPSA) is 80.9 Å². The molecule has 5 nitrogen and oxygen atoms in total. The van der Waals surface area contributed by atoms with Crippen molar-refractivity contribution < 1.29 is 4.79 Å². The van der Waals surface area contributed by atoms with Crippen molar-refractivity contribution in [3.8, 4) is 0 Å². The van der Waals surface area contributed by atoms with Gasteiger partial charge in [-0.1, -0.05) is 6.92 Å². The maximum atomic E-state index is 12.1. The molecule has 0 aliphatic rings. The fraction of sp³-hybridized carbons (Fsp3) is 0.417. The van der Waals surface area contributed by atoms with E-state index in [1.54, 1.807) is 22.9 Å². The van der Waals surface area contributed by atoms with Gasteiger partial charge in [0.2, 0.25) is 0 Å². The van der Waals surface area contributed by atoms with E-state index in [1.807, 2.05) is 12.3 Å². The number of hydrogen-bond donors (Lipinski definition) is 2. The third-order valence-corrected chi connectivity index (χ3v) is 4.40. The molecular formula is C12H16N4OS2. The van der Waals surface area contributed by atoms with E-state index in [1.165, 1.54) is 11.3 Å². The molecule has 0 bridgehead atoms. The Balaban J connectivity index is 2.02. The molecule has 3 N–H and O–H groups in total. The van der Waals surface area contributed by atoms with Crippen LogP contribution < -0.4 is 11.1 Å². The van der Waals surface area contributed by atoms with Crippen LogP contribution in [0.5, 0.6) is 0 Å². The minimum Gasteiger partial charge on any atom is -0.341 e. The number of nitrogens with two attached hydrogens (primary N) is 1. The molecule has 102 valence electrons. The molecule has 0 radical (unpaired) electrons. The number of rotatable bonds is 6. The monoisotopic (exact) mass is 296 g/mol. The molecule has 0 aliphatic heterocycles. The van der Waals surface area contributed by atoms with Gasteiger partial charge in [-0.2, -0.15) is 0 Å². The van der Waals surface area contributed by atoms with Gasteiger partial charge in [0.25, 0.3) is 5.91 Å². The minimum atomic E-state index is -0.151. The Morgan fingerprint density at radius 1 is 1.53 bits per heavy atom. The summed E-state index contributed by atoms with van der Waals surface area (Å²) in [5.74, 6) is -0.151. The molecule has 0 fully saturated rings. The molecule has 2 aromatic heterocycles. The van der Waals surface area contributed by atoms with Crippen LogP contribution >= 0.6 is 22.7 Å². The summed E-state index contributed by atoms with van der Waals surface area (Å²) >= 11 is 3.02. The number of thiazole rings is 2. The van der Waals surface area contributed by atoms with Gasteiger partial charge in [0, 0.05) is 23.4 Å². The van der Waals surface area contributed by atoms with Gasteiger partial charge in [0.05, 0.1) is 11.0 Å². The number of nitrogens with zero attached hydrogens (tertiary/aromatic N) is 2. The molecule has 2 aromatic rings. The second kappa shape index (κ2) is 6.74. The van der Waals surface area contributed by atoms with E-state index in [4.69, 9.17) is 5.73 Å². The third kappa shape index (κ3) is 3.59. The largest absolute Gasteiger partial charge is 0.341 e. The average molecular weight is 296 g/mol. The van der Waals surface area contributed by atoms with Crippen LogP contribution in [0.1, 0.15) is 39.9 Å². The summed E-state index contributed by atoms with van der Waals surface area (Å²) in [5, 5.41) is 8.47. The zero-order chi connectivity index (χ0) is 13.7. The van der Waals surface area contributed by atoms with Gasteiger partial charge in [0.1, 0.15) is 10.7 Å². The van der Waals surface area contributed by atoms with Crippen LogP contribution in [-0.4, -0.2) is 22.4 Å². The van der Waals surface area contributed by atoms with Crippen LogP contribution in [0.4, 0.5) is 0 Å². The predicted octanol–water partition coefficient (Wildman–Crippen LogP) is 1.98. The Labute approximate surface area is 119 Å². The molecule has 19 heavy (non-hydrogen) atoms. The van der Waals surface area contributed by atoms with E-state index in [0.717, 1.165) is 16.4 Å². The van der Waals surface area contributed by atoms with Crippen LogP contribution in [0, 0.1) is 0 Å². The molecule has 0 spiro atoms. The SMILES string of the molecule is CCC(NC(=O)c1csc(CCN)n1)c1nccs1. The molecule has 0 aliphatic carbocycles. The minimum absolute atomic E-state index is 0.0489. The van der Waals surface area contributed by atoms with Crippen LogP contribution in [0.3, 0.4) is 0 Å². The first-order chi connectivity index (χ1) is 9.24. The summed E-state index contributed by atoms with van der Waals surface area (Å²) in [7, 11) is 0. The quantitative estimate of drug-likeness (QED) is 0.854. The predicted molar refractivity (Wildman–Crippen MR) is 77.5 cm³/mol. The van der Waals surface area contributed by atoms with Crippen molar-refractivity contribution in [1.82, 2.24) is 15.3 Å². The molecule has 2 rings (SSSR count). The van der Waals surface area contributed by atoms with Crippen molar-refractivity contribution in [3.05, 3.63) is 32.7 Å². The maximum Gasteiger partial charge on any atom is 0.271 e. The number of amides is 1. The molecule has 0 saturated carbocycles. The lowest BCUT2D eigenvalue weighted by Crippen LogP contribution is -2.28. The van der Waals surface area contributed by atoms with Crippen LogP contribution in [0.15, 0.2) is 17.0 Å². The molecule has 1 atom stereocenters. The van der Waals surface area contributed by atoms with E-state index < -0.39 is 0 Å². The smallest absolute Gasteiger partial charge is 0.271 e. The zero-order valence-electron chi connectivity index (χ0n) is 10.6. The lowest BCUT2D eigenvalue weighted by atomic mass is 10.2. The van der Waals surface area contributed by atoms with Gasteiger partial charge in [-0.3, -0.25) is 4.79 Å². The van der Waals surface area contributed by atoms with Crippen molar-refractivity contribution in [2.24, 2.45) is 5.73 Å². The Morgan fingerprint density at radius 3 is 3.00 bits per heavy atom. The van der Waals surface area contributed by atoms with Crippen molar-refractivity contribution in [2.75, 3.05) is 6.54 Å². The zero-order valence-corrected chi connectivity index (χ0v) is 12.3. The average Bonchev–Trinajstić information content (AvgIpc) is 3.07. The molecule has 0 aromatic carbocycles. The Bertz CT molecular complexity index is 524. The second-order valence-electron chi connectivity index (χ2n) is 3.97. The molecule has 1 amide bonds. The van der Waals surface area contributed by atoms with E-state index in [9.17, 15) is 4.79 Å². The van der Waals surface area contributed by atoms with E-state index in [0.29, 0.717) is 18.7 Å². The van der Waals surface area contributed by atoms with Gasteiger partial charge < -0.3 is 11.1 Å². The number of aromatic nitrogens is 2. The first-order valence-corrected chi connectivity index (χ1v) is 7.85. The van der Waals surface area contributed by atoms with Gasteiger partial charge in [0.15, 0.2) is 0 Å².